The number of nitrogens with zero attached hydrogens (tertiary/aromatic N) is 1. The average molecular weight is 538 g/mol. The molecular weight excluding hydrogens is 513 g/mol. The summed E-state index contributed by atoms with van der Waals surface area (Å²) in [6, 6.07) is 18.7. The van der Waals surface area contributed by atoms with Gasteiger partial charge in [-0.05, 0) is 61.4 Å². The topological polar surface area (TPSA) is 87.7 Å². The molecule has 0 spiro atoms. The molecule has 4 rings (SSSR count). The number of amides is 3. The highest BCUT2D eigenvalue weighted by Gasteiger charge is 2.39. The van der Waals surface area contributed by atoms with Crippen molar-refractivity contribution in [2.75, 3.05) is 22.1 Å². The Morgan fingerprint density at radius 3 is 2.54 bits per heavy atom. The fourth-order valence-electron chi connectivity index (χ4n) is 3.75. The Hall–Kier alpha value is -3.81. The van der Waals surface area contributed by atoms with Crippen LogP contribution < -0.4 is 20.3 Å². The van der Waals surface area contributed by atoms with Gasteiger partial charge in [0.05, 0.1) is 18.0 Å². The van der Waals surface area contributed by atoms with Gasteiger partial charge in [0.25, 0.3) is 17.7 Å². The highest BCUT2D eigenvalue weighted by molar-refractivity contribution is 6.53. The van der Waals surface area contributed by atoms with Crippen LogP contribution in [-0.2, 0) is 9.59 Å². The quantitative estimate of drug-likeness (QED) is 0.239. The van der Waals surface area contributed by atoms with Crippen LogP contribution in [0.25, 0.3) is 0 Å². The minimum Gasteiger partial charge on any atom is -0.491 e. The summed E-state index contributed by atoms with van der Waals surface area (Å²) in [4.78, 5) is 40.0. The van der Waals surface area contributed by atoms with Gasteiger partial charge in [0.1, 0.15) is 16.5 Å². The Labute approximate surface area is 225 Å². The molecule has 37 heavy (non-hydrogen) atoms. The Balaban J connectivity index is 1.52. The van der Waals surface area contributed by atoms with Gasteiger partial charge in [-0.1, -0.05) is 60.8 Å². The van der Waals surface area contributed by atoms with E-state index < -0.39 is 11.8 Å². The van der Waals surface area contributed by atoms with Crippen molar-refractivity contribution in [3.63, 3.8) is 0 Å². The lowest BCUT2D eigenvalue weighted by atomic mass is 10.1. The molecule has 0 aromatic heterocycles. The van der Waals surface area contributed by atoms with Crippen molar-refractivity contribution >= 4 is 58.0 Å². The maximum Gasteiger partial charge on any atom is 0.283 e. The maximum absolute atomic E-state index is 13.2. The monoisotopic (exact) mass is 537 g/mol. The summed E-state index contributed by atoms with van der Waals surface area (Å²) in [7, 11) is 0. The number of ether oxygens (including phenoxy) is 1. The number of rotatable bonds is 9. The zero-order chi connectivity index (χ0) is 26.5. The fourth-order valence-corrected chi connectivity index (χ4v) is 4.13. The zero-order valence-corrected chi connectivity index (χ0v) is 21.8. The lowest BCUT2D eigenvalue weighted by molar-refractivity contribution is -0.120. The van der Waals surface area contributed by atoms with E-state index >= 15 is 0 Å². The second-order valence-corrected chi connectivity index (χ2v) is 9.24. The SMILES string of the molecule is CCCCOc1ccccc1NC(=O)c1cccc(NC2=C(Cl)C(=O)N(c3cc(Cl)ccc3C)C2=O)c1. The van der Waals surface area contributed by atoms with E-state index in [0.29, 0.717) is 45.6 Å². The Bertz CT molecular complexity index is 1400. The van der Waals surface area contributed by atoms with Gasteiger partial charge in [0.2, 0.25) is 0 Å². The molecule has 1 heterocycles. The number of halogens is 2. The van der Waals surface area contributed by atoms with E-state index in [9.17, 15) is 14.4 Å². The van der Waals surface area contributed by atoms with Crippen molar-refractivity contribution in [2.24, 2.45) is 0 Å². The first-order chi connectivity index (χ1) is 17.8. The van der Waals surface area contributed by atoms with Gasteiger partial charge < -0.3 is 15.4 Å². The first kappa shape index (κ1) is 26.3. The van der Waals surface area contributed by atoms with Gasteiger partial charge in [-0.3, -0.25) is 14.4 Å². The molecule has 0 fully saturated rings. The smallest absolute Gasteiger partial charge is 0.283 e. The number of hydrogen-bond acceptors (Lipinski definition) is 5. The summed E-state index contributed by atoms with van der Waals surface area (Å²) in [6.45, 7) is 4.39. The van der Waals surface area contributed by atoms with E-state index in [2.05, 4.69) is 17.6 Å². The average Bonchev–Trinajstić information content (AvgIpc) is 3.09. The molecule has 0 aliphatic carbocycles. The number of hydrogen-bond donors (Lipinski definition) is 2. The third-order valence-corrected chi connectivity index (χ3v) is 6.31. The number of carbonyl (C=O) groups is 3. The number of para-hydroxylation sites is 2. The summed E-state index contributed by atoms with van der Waals surface area (Å²) < 4.78 is 5.79. The predicted molar refractivity (Wildman–Crippen MR) is 146 cm³/mol. The number of carbonyl (C=O) groups excluding carboxylic acids is 3. The summed E-state index contributed by atoms with van der Waals surface area (Å²) in [6.07, 6.45) is 1.91. The Morgan fingerprint density at radius 1 is 0.973 bits per heavy atom. The van der Waals surface area contributed by atoms with E-state index in [1.807, 2.05) is 12.1 Å². The van der Waals surface area contributed by atoms with Crippen LogP contribution in [0.4, 0.5) is 17.1 Å². The Morgan fingerprint density at radius 2 is 1.76 bits per heavy atom. The molecule has 9 heteroatoms. The third kappa shape index (κ3) is 5.79. The molecule has 0 bridgehead atoms. The number of unbranched alkanes of at least 4 members (excludes halogenated alkanes) is 1. The molecule has 0 unspecified atom stereocenters. The zero-order valence-electron chi connectivity index (χ0n) is 20.3. The predicted octanol–water partition coefficient (Wildman–Crippen LogP) is 6.52. The van der Waals surface area contributed by atoms with Crippen LogP contribution in [0.1, 0.15) is 35.7 Å². The van der Waals surface area contributed by atoms with Gasteiger partial charge in [0.15, 0.2) is 0 Å². The fraction of sp³-hybridized carbons (Fsp3) is 0.179. The van der Waals surface area contributed by atoms with Crippen molar-refractivity contribution < 1.29 is 19.1 Å². The highest BCUT2D eigenvalue weighted by atomic mass is 35.5. The van der Waals surface area contributed by atoms with Gasteiger partial charge in [-0.15, -0.1) is 0 Å². The second kappa shape index (κ2) is 11.5. The molecule has 3 aromatic carbocycles. The lowest BCUT2D eigenvalue weighted by Crippen LogP contribution is -2.32. The number of aryl methyl sites for hydroxylation is 1. The maximum atomic E-state index is 13.2. The van der Waals surface area contributed by atoms with E-state index in [1.54, 1.807) is 55.5 Å². The van der Waals surface area contributed by atoms with Crippen molar-refractivity contribution in [1.29, 1.82) is 0 Å². The molecule has 1 aliphatic heterocycles. The molecule has 7 nitrogen and oxygen atoms in total. The normalized spacial score (nSPS) is 13.2. The summed E-state index contributed by atoms with van der Waals surface area (Å²) in [5, 5.41) is 5.91. The van der Waals surface area contributed by atoms with E-state index in [-0.39, 0.29) is 16.6 Å². The highest BCUT2D eigenvalue weighted by Crippen LogP contribution is 2.33. The van der Waals surface area contributed by atoms with Crippen LogP contribution in [0.2, 0.25) is 5.02 Å². The third-order valence-electron chi connectivity index (χ3n) is 5.72. The molecule has 3 amide bonds. The van der Waals surface area contributed by atoms with Gasteiger partial charge in [-0.25, -0.2) is 4.90 Å². The largest absolute Gasteiger partial charge is 0.491 e. The van der Waals surface area contributed by atoms with Crippen molar-refractivity contribution in [2.45, 2.75) is 26.7 Å². The molecule has 2 N–H and O–H groups in total. The van der Waals surface area contributed by atoms with E-state index in [4.69, 9.17) is 27.9 Å². The van der Waals surface area contributed by atoms with Crippen molar-refractivity contribution in [1.82, 2.24) is 0 Å². The summed E-state index contributed by atoms with van der Waals surface area (Å²) in [5.41, 5.74) is 2.26. The molecule has 3 aromatic rings. The van der Waals surface area contributed by atoms with Crippen LogP contribution in [0.15, 0.2) is 77.5 Å². The van der Waals surface area contributed by atoms with Gasteiger partial charge in [0, 0.05) is 16.3 Å². The van der Waals surface area contributed by atoms with Crippen LogP contribution in [0.5, 0.6) is 5.75 Å². The van der Waals surface area contributed by atoms with Crippen LogP contribution in [0.3, 0.4) is 0 Å². The molecule has 0 atom stereocenters. The minimum atomic E-state index is -0.659. The van der Waals surface area contributed by atoms with Crippen molar-refractivity contribution in [3.05, 3.63) is 93.6 Å². The number of anilines is 3. The molecule has 190 valence electrons. The van der Waals surface area contributed by atoms with E-state index in [0.717, 1.165) is 17.7 Å². The molecule has 0 radical (unpaired) electrons. The van der Waals surface area contributed by atoms with Crippen LogP contribution in [-0.4, -0.2) is 24.3 Å². The molecule has 1 aliphatic rings. The minimum absolute atomic E-state index is 0.0849. The molecule has 0 saturated heterocycles. The first-order valence-corrected chi connectivity index (χ1v) is 12.5. The Kier molecular flexibility index (Phi) is 8.16. The lowest BCUT2D eigenvalue weighted by Gasteiger charge is -2.18. The van der Waals surface area contributed by atoms with Crippen LogP contribution >= 0.6 is 23.2 Å². The first-order valence-electron chi connectivity index (χ1n) is 11.7. The standard InChI is InChI=1S/C28H25Cl2N3O4/c1-3-4-14-37-23-11-6-5-10-21(23)32-26(34)18-8-7-9-20(15-18)31-25-24(30)27(35)33(28(25)36)22-16-19(29)13-12-17(22)2/h5-13,15-16,31H,3-4,14H2,1-2H3,(H,32,34). The number of nitrogens with one attached hydrogen (secondary N) is 2. The molecular formula is C28H25Cl2N3O4. The summed E-state index contributed by atoms with van der Waals surface area (Å²) >= 11 is 12.4. The number of imide groups is 1. The van der Waals surface area contributed by atoms with Gasteiger partial charge in [-0.2, -0.15) is 0 Å². The van der Waals surface area contributed by atoms with Gasteiger partial charge >= 0.3 is 0 Å². The summed E-state index contributed by atoms with van der Waals surface area (Å²) in [5.74, 6) is -1.05. The van der Waals surface area contributed by atoms with E-state index in [1.165, 1.54) is 6.07 Å². The van der Waals surface area contributed by atoms with Crippen molar-refractivity contribution in [3.8, 4) is 5.75 Å². The van der Waals surface area contributed by atoms with Crippen LogP contribution in [0, 0.1) is 6.92 Å². The molecule has 0 saturated carbocycles. The second-order valence-electron chi connectivity index (χ2n) is 8.42. The number of benzene rings is 3.